The summed E-state index contributed by atoms with van der Waals surface area (Å²) in [6.45, 7) is 2.18. The molecule has 1 aliphatic rings. The molecule has 1 atom stereocenters. The maximum atomic E-state index is 11.6. The highest BCUT2D eigenvalue weighted by atomic mass is 16.5. The van der Waals surface area contributed by atoms with E-state index in [4.69, 9.17) is 4.74 Å². The second-order valence-corrected chi connectivity index (χ2v) is 5.43. The molecule has 5 nitrogen and oxygen atoms in total. The van der Waals surface area contributed by atoms with Crippen LogP contribution < -0.4 is 10.6 Å². The van der Waals surface area contributed by atoms with Crippen LogP contribution in [0, 0.1) is 0 Å². The van der Waals surface area contributed by atoms with Crippen LogP contribution in [0.15, 0.2) is 18.5 Å². The minimum atomic E-state index is -0.0987. The smallest absolute Gasteiger partial charge is 0.315 e. The first-order valence-corrected chi connectivity index (χ1v) is 7.48. The van der Waals surface area contributed by atoms with E-state index in [9.17, 15) is 4.79 Å². The molecule has 1 saturated heterocycles. The second-order valence-electron chi connectivity index (χ2n) is 5.43. The van der Waals surface area contributed by atoms with Crippen molar-refractivity contribution in [3.63, 3.8) is 0 Å². The maximum absolute atomic E-state index is 11.6. The van der Waals surface area contributed by atoms with E-state index in [1.54, 1.807) is 0 Å². The number of urea groups is 1. The molecule has 1 aliphatic heterocycles. The SMILES string of the molecule is Cn1ccc(CNC(=O)NCCCC2CCCCO2)c1. The topological polar surface area (TPSA) is 55.3 Å². The Labute approximate surface area is 120 Å². The van der Waals surface area contributed by atoms with Crippen molar-refractivity contribution in [1.82, 2.24) is 15.2 Å². The van der Waals surface area contributed by atoms with Crippen LogP contribution in [0.5, 0.6) is 0 Å². The predicted octanol–water partition coefficient (Wildman–Crippen LogP) is 2.17. The molecule has 0 spiro atoms. The fourth-order valence-electron chi connectivity index (χ4n) is 2.48. The van der Waals surface area contributed by atoms with Gasteiger partial charge >= 0.3 is 6.03 Å². The predicted molar refractivity (Wildman–Crippen MR) is 78.5 cm³/mol. The summed E-state index contributed by atoms with van der Waals surface area (Å²) in [6, 6.07) is 1.90. The Bertz CT molecular complexity index is 411. The summed E-state index contributed by atoms with van der Waals surface area (Å²) in [5, 5.41) is 5.74. The van der Waals surface area contributed by atoms with E-state index in [-0.39, 0.29) is 6.03 Å². The molecular weight excluding hydrogens is 254 g/mol. The highest BCUT2D eigenvalue weighted by Crippen LogP contribution is 2.16. The maximum Gasteiger partial charge on any atom is 0.315 e. The molecule has 1 aromatic rings. The Morgan fingerprint density at radius 1 is 1.45 bits per heavy atom. The van der Waals surface area contributed by atoms with Gasteiger partial charge in [-0.05, 0) is 43.7 Å². The summed E-state index contributed by atoms with van der Waals surface area (Å²) in [5.41, 5.74) is 1.11. The van der Waals surface area contributed by atoms with E-state index in [1.165, 1.54) is 19.3 Å². The third kappa shape index (κ3) is 5.25. The number of carbonyl (C=O) groups excluding carboxylic acids is 1. The van der Waals surface area contributed by atoms with Gasteiger partial charge in [0.05, 0.1) is 6.10 Å². The van der Waals surface area contributed by atoms with Crippen molar-refractivity contribution in [3.05, 3.63) is 24.0 Å². The normalized spacial score (nSPS) is 18.8. The Kier molecular flexibility index (Phi) is 5.92. The van der Waals surface area contributed by atoms with Gasteiger partial charge in [-0.25, -0.2) is 4.79 Å². The van der Waals surface area contributed by atoms with E-state index in [0.717, 1.165) is 25.0 Å². The number of ether oxygens (including phenoxy) is 1. The number of aromatic nitrogens is 1. The molecule has 1 unspecified atom stereocenters. The molecular formula is C15H25N3O2. The highest BCUT2D eigenvalue weighted by molar-refractivity contribution is 5.73. The number of nitrogens with one attached hydrogen (secondary N) is 2. The standard InChI is InChI=1S/C15H25N3O2/c1-18-9-7-13(12-18)11-17-15(19)16-8-4-6-14-5-2-3-10-20-14/h7,9,12,14H,2-6,8,10-11H2,1H3,(H2,16,17,19). The lowest BCUT2D eigenvalue weighted by molar-refractivity contribution is 0.0103. The zero-order valence-electron chi connectivity index (χ0n) is 12.2. The van der Waals surface area contributed by atoms with Crippen LogP contribution in [-0.4, -0.2) is 29.9 Å². The van der Waals surface area contributed by atoms with Crippen LogP contribution in [0.25, 0.3) is 0 Å². The number of hydrogen-bond acceptors (Lipinski definition) is 2. The van der Waals surface area contributed by atoms with Crippen molar-refractivity contribution < 1.29 is 9.53 Å². The Balaban J connectivity index is 1.51. The first-order valence-electron chi connectivity index (χ1n) is 7.48. The van der Waals surface area contributed by atoms with E-state index < -0.39 is 0 Å². The summed E-state index contributed by atoms with van der Waals surface area (Å²) in [5.74, 6) is 0. The number of hydrogen-bond donors (Lipinski definition) is 2. The van der Waals surface area contributed by atoms with Crippen molar-refractivity contribution in [2.45, 2.75) is 44.8 Å². The van der Waals surface area contributed by atoms with Crippen molar-refractivity contribution >= 4 is 6.03 Å². The first kappa shape index (κ1) is 14.9. The Morgan fingerprint density at radius 2 is 2.35 bits per heavy atom. The molecule has 5 heteroatoms. The van der Waals surface area contributed by atoms with Crippen LogP contribution in [0.2, 0.25) is 0 Å². The van der Waals surface area contributed by atoms with E-state index in [2.05, 4.69) is 10.6 Å². The second kappa shape index (κ2) is 7.94. The van der Waals surface area contributed by atoms with Gasteiger partial charge in [-0.2, -0.15) is 0 Å². The van der Waals surface area contributed by atoms with Gasteiger partial charge in [0.25, 0.3) is 0 Å². The molecule has 0 bridgehead atoms. The summed E-state index contributed by atoms with van der Waals surface area (Å²) >= 11 is 0. The quantitative estimate of drug-likeness (QED) is 0.784. The molecule has 0 aliphatic carbocycles. The Hall–Kier alpha value is -1.49. The van der Waals surface area contributed by atoms with Gasteiger partial charge in [-0.15, -0.1) is 0 Å². The van der Waals surface area contributed by atoms with Crippen molar-refractivity contribution in [2.75, 3.05) is 13.2 Å². The zero-order chi connectivity index (χ0) is 14.2. The number of carbonyl (C=O) groups is 1. The minimum Gasteiger partial charge on any atom is -0.378 e. The fraction of sp³-hybridized carbons (Fsp3) is 0.667. The van der Waals surface area contributed by atoms with Gasteiger partial charge < -0.3 is 19.9 Å². The summed E-state index contributed by atoms with van der Waals surface area (Å²) < 4.78 is 7.63. The molecule has 20 heavy (non-hydrogen) atoms. The van der Waals surface area contributed by atoms with Crippen molar-refractivity contribution in [3.8, 4) is 0 Å². The van der Waals surface area contributed by atoms with Gasteiger partial charge in [0, 0.05) is 39.1 Å². The lowest BCUT2D eigenvalue weighted by Gasteiger charge is -2.22. The number of rotatable bonds is 6. The monoisotopic (exact) mass is 279 g/mol. The summed E-state index contributed by atoms with van der Waals surface area (Å²) in [7, 11) is 1.97. The molecule has 2 amide bonds. The average molecular weight is 279 g/mol. The van der Waals surface area contributed by atoms with E-state index >= 15 is 0 Å². The van der Waals surface area contributed by atoms with E-state index in [1.807, 2.05) is 30.1 Å². The largest absolute Gasteiger partial charge is 0.378 e. The fourth-order valence-corrected chi connectivity index (χ4v) is 2.48. The van der Waals surface area contributed by atoms with Crippen LogP contribution in [0.3, 0.4) is 0 Å². The van der Waals surface area contributed by atoms with Gasteiger partial charge in [0.2, 0.25) is 0 Å². The molecule has 0 radical (unpaired) electrons. The van der Waals surface area contributed by atoms with Gasteiger partial charge in [0.15, 0.2) is 0 Å². The Morgan fingerprint density at radius 3 is 3.05 bits per heavy atom. The third-order valence-electron chi connectivity index (χ3n) is 3.61. The molecule has 0 aromatic carbocycles. The molecule has 2 N–H and O–H groups in total. The molecule has 0 saturated carbocycles. The minimum absolute atomic E-state index is 0.0987. The van der Waals surface area contributed by atoms with Crippen LogP contribution in [0.1, 0.15) is 37.7 Å². The van der Waals surface area contributed by atoms with Crippen molar-refractivity contribution in [1.29, 1.82) is 0 Å². The molecule has 2 heterocycles. The van der Waals surface area contributed by atoms with Gasteiger partial charge in [-0.3, -0.25) is 0 Å². The van der Waals surface area contributed by atoms with Gasteiger partial charge in [-0.1, -0.05) is 0 Å². The number of aryl methyl sites for hydroxylation is 1. The molecule has 1 fully saturated rings. The van der Waals surface area contributed by atoms with Gasteiger partial charge in [0.1, 0.15) is 0 Å². The van der Waals surface area contributed by atoms with E-state index in [0.29, 0.717) is 19.2 Å². The third-order valence-corrected chi connectivity index (χ3v) is 3.61. The molecule has 2 rings (SSSR count). The molecule has 112 valence electrons. The molecule has 1 aromatic heterocycles. The summed E-state index contributed by atoms with van der Waals surface area (Å²) in [4.78, 5) is 11.6. The van der Waals surface area contributed by atoms with Crippen LogP contribution in [-0.2, 0) is 18.3 Å². The average Bonchev–Trinajstić information content (AvgIpc) is 2.88. The lowest BCUT2D eigenvalue weighted by Crippen LogP contribution is -2.35. The highest BCUT2D eigenvalue weighted by Gasteiger charge is 2.13. The number of amides is 2. The summed E-state index contributed by atoms with van der Waals surface area (Å²) in [6.07, 6.45) is 10.0. The lowest BCUT2D eigenvalue weighted by atomic mass is 10.0. The zero-order valence-corrected chi connectivity index (χ0v) is 12.2. The first-order chi connectivity index (χ1) is 9.74. The van der Waals surface area contributed by atoms with Crippen LogP contribution >= 0.6 is 0 Å². The van der Waals surface area contributed by atoms with Crippen molar-refractivity contribution in [2.24, 2.45) is 7.05 Å². The number of nitrogens with zero attached hydrogens (tertiary/aromatic N) is 1. The van der Waals surface area contributed by atoms with Crippen LogP contribution in [0.4, 0.5) is 4.79 Å².